The molecule has 394 valence electrons. The van der Waals surface area contributed by atoms with Gasteiger partial charge in [-0.25, -0.2) is 4.98 Å². The van der Waals surface area contributed by atoms with Crippen LogP contribution in [-0.4, -0.2) is 130 Å². The lowest BCUT2D eigenvalue weighted by Crippen LogP contribution is -2.58. The summed E-state index contributed by atoms with van der Waals surface area (Å²) in [4.78, 5) is 67.7. The second kappa shape index (κ2) is 24.9. The third-order valence-electron chi connectivity index (χ3n) is 16.2. The lowest BCUT2D eigenvalue weighted by molar-refractivity contribution is -0.143. The normalized spacial score (nSPS) is 20.2. The average molecular weight is 1010 g/mol. The topological polar surface area (TPSA) is 177 Å². The molecule has 2 aliphatic carbocycles. The predicted octanol–water partition coefficient (Wildman–Crippen LogP) is 6.93. The number of nitrogens with zero attached hydrogens (tertiary/aromatic N) is 6. The zero-order valence-corrected chi connectivity index (χ0v) is 43.9. The van der Waals surface area contributed by atoms with E-state index in [1.807, 2.05) is 34.8 Å². The van der Waals surface area contributed by atoms with Crippen molar-refractivity contribution in [2.24, 2.45) is 5.92 Å². The number of aromatic nitrogens is 3. The number of nitrogens with one attached hydrogen (secondary N) is 4. The van der Waals surface area contributed by atoms with Gasteiger partial charge in [-0.3, -0.25) is 24.1 Å². The summed E-state index contributed by atoms with van der Waals surface area (Å²) in [7, 11) is 1.73. The van der Waals surface area contributed by atoms with Crippen LogP contribution in [0, 0.1) is 12.8 Å². The van der Waals surface area contributed by atoms with E-state index in [1.165, 1.54) is 11.1 Å². The van der Waals surface area contributed by atoms with E-state index in [2.05, 4.69) is 92.6 Å². The number of fused-ring (bicyclic) bond motifs is 2. The number of amides is 4. The Bertz CT molecular complexity index is 2710. The van der Waals surface area contributed by atoms with Crippen LogP contribution in [0.15, 0.2) is 84.9 Å². The number of aliphatic hydroxyl groups excluding tert-OH is 1. The third kappa shape index (κ3) is 12.5. The summed E-state index contributed by atoms with van der Waals surface area (Å²) in [6.45, 7) is 8.32. The second-order valence-electron chi connectivity index (χ2n) is 21.3. The fourth-order valence-electron chi connectivity index (χ4n) is 12.0. The summed E-state index contributed by atoms with van der Waals surface area (Å²) in [5.74, 6) is 0.239. The molecule has 5 atom stereocenters. The van der Waals surface area contributed by atoms with Crippen LogP contribution < -0.4 is 26.2 Å². The number of aryl methyl sites for hydroxylation is 3. The number of unbranched alkanes of at least 4 members (excludes halogenated alkanes) is 3. The average Bonchev–Trinajstić information content (AvgIpc) is 4.01. The van der Waals surface area contributed by atoms with Gasteiger partial charge < -0.3 is 36.2 Å². The van der Waals surface area contributed by atoms with Gasteiger partial charge in [0.1, 0.15) is 17.9 Å². The molecule has 2 aliphatic heterocycles. The van der Waals surface area contributed by atoms with E-state index in [-0.39, 0.29) is 54.8 Å². The van der Waals surface area contributed by atoms with E-state index < -0.39 is 18.1 Å². The van der Waals surface area contributed by atoms with Crippen molar-refractivity contribution in [2.75, 3.05) is 57.8 Å². The zero-order chi connectivity index (χ0) is 51.6. The van der Waals surface area contributed by atoms with Crippen LogP contribution in [-0.2, 0) is 32.0 Å². The highest BCUT2D eigenvalue weighted by Crippen LogP contribution is 2.35. The molecule has 2 saturated heterocycles. The van der Waals surface area contributed by atoms with Crippen LogP contribution in [0.1, 0.15) is 119 Å². The number of piperazine rings is 1. The highest BCUT2D eigenvalue weighted by atomic mass is 16.3. The molecule has 0 unspecified atom stereocenters. The molecule has 1 saturated carbocycles. The molecule has 3 aromatic carbocycles. The zero-order valence-electron chi connectivity index (χ0n) is 43.9. The van der Waals surface area contributed by atoms with Gasteiger partial charge in [0.15, 0.2) is 5.65 Å². The highest BCUT2D eigenvalue weighted by molar-refractivity contribution is 5.94. The monoisotopic (exact) mass is 1010 g/mol. The molecule has 4 amide bonds. The Morgan fingerprint density at radius 1 is 0.811 bits per heavy atom. The van der Waals surface area contributed by atoms with Gasteiger partial charge in [0.2, 0.25) is 23.6 Å². The Morgan fingerprint density at radius 2 is 1.57 bits per heavy atom. The molecule has 0 spiro atoms. The lowest BCUT2D eigenvalue weighted by Gasteiger charge is -2.35. The maximum absolute atomic E-state index is 14.8. The van der Waals surface area contributed by atoms with Crippen molar-refractivity contribution >= 4 is 35.1 Å². The molecule has 4 heterocycles. The molecule has 15 heteroatoms. The third-order valence-corrected chi connectivity index (χ3v) is 16.2. The smallest absolute Gasteiger partial charge is 0.246 e. The van der Waals surface area contributed by atoms with E-state index in [4.69, 9.17) is 10.1 Å². The fraction of sp³-hybridized carbons (Fsp3) is 0.525. The largest absolute Gasteiger partial charge is 0.395 e. The highest BCUT2D eigenvalue weighted by Gasteiger charge is 2.45. The number of anilines is 1. The summed E-state index contributed by atoms with van der Waals surface area (Å²) in [6, 6.07) is 26.9. The van der Waals surface area contributed by atoms with Gasteiger partial charge in [0.25, 0.3) is 0 Å². The number of likely N-dealkylation sites (tertiary alicyclic amines) is 1. The number of likely N-dealkylation sites (N-methyl/N-ethyl adjacent to an activating group) is 1. The predicted molar refractivity (Wildman–Crippen MR) is 290 cm³/mol. The van der Waals surface area contributed by atoms with E-state index in [0.717, 1.165) is 155 Å². The summed E-state index contributed by atoms with van der Waals surface area (Å²) < 4.78 is 2.01. The molecular weight excluding hydrogens is 929 g/mol. The standard InChI is InChI=1S/C59H78N10O5/c1-40-54(56-62-50(44-21-9-6-10-22-44)38-53(69(56)65-40)67-32-30-66(31-33-67)34-35-70)46-26-16-19-42(36-46)18-8-4-5-13-29-52(71)61-47-37-51(58(73)63-49-28-17-25-43-20-14-15-27-48(43)49)68(39-47)59(74)55(45-23-11-7-12-24-45)64-57(72)41(2)60-3/h6,9-10,14-16,19-22,26-27,36,38,41,45,47,49,51,55,60,70H,4-5,7-8,11-13,17-18,23-25,28-35,37,39H2,1-3H3,(H,61,71)(H,63,73)(H,64,72)/t41-,47-,49+,51-,55-/m0/s1. The van der Waals surface area contributed by atoms with Crippen LogP contribution in [0.5, 0.6) is 0 Å². The molecule has 9 rings (SSSR count). The molecule has 0 radical (unpaired) electrons. The maximum Gasteiger partial charge on any atom is 0.246 e. The number of hydrogen-bond acceptors (Lipinski definition) is 10. The summed E-state index contributed by atoms with van der Waals surface area (Å²) in [6.07, 6.45) is 12.7. The summed E-state index contributed by atoms with van der Waals surface area (Å²) >= 11 is 0. The van der Waals surface area contributed by atoms with Crippen LogP contribution in [0.25, 0.3) is 28.0 Å². The summed E-state index contributed by atoms with van der Waals surface area (Å²) in [5.41, 5.74) is 9.44. The van der Waals surface area contributed by atoms with E-state index >= 15 is 0 Å². The van der Waals surface area contributed by atoms with E-state index in [9.17, 15) is 24.3 Å². The number of β-amino-alcohol motifs (C(OH)–C–C–N with tert-alkyl or cyclic N) is 1. The number of carbonyl (C=O) groups is 4. The second-order valence-corrected chi connectivity index (χ2v) is 21.3. The fourth-order valence-corrected chi connectivity index (χ4v) is 12.0. The molecule has 74 heavy (non-hydrogen) atoms. The molecule has 15 nitrogen and oxygen atoms in total. The minimum Gasteiger partial charge on any atom is -0.395 e. The van der Waals surface area contributed by atoms with Gasteiger partial charge in [-0.1, -0.05) is 111 Å². The van der Waals surface area contributed by atoms with Crippen LogP contribution >= 0.6 is 0 Å². The molecule has 0 bridgehead atoms. The van der Waals surface area contributed by atoms with E-state index in [0.29, 0.717) is 19.4 Å². The summed E-state index contributed by atoms with van der Waals surface area (Å²) in [5, 5.41) is 27.3. The first-order valence-corrected chi connectivity index (χ1v) is 27.7. The Balaban J connectivity index is 0.819. The van der Waals surface area contributed by atoms with Crippen molar-refractivity contribution in [2.45, 2.75) is 140 Å². The molecular formula is C59H78N10O5. The van der Waals surface area contributed by atoms with Gasteiger partial charge in [0, 0.05) is 68.9 Å². The molecule has 3 fully saturated rings. The lowest BCUT2D eigenvalue weighted by atomic mass is 9.83. The van der Waals surface area contributed by atoms with Gasteiger partial charge in [-0.05, 0) is 107 Å². The van der Waals surface area contributed by atoms with Crippen molar-refractivity contribution in [3.05, 3.63) is 107 Å². The van der Waals surface area contributed by atoms with Crippen LogP contribution in [0.4, 0.5) is 5.82 Å². The molecule has 2 aromatic heterocycles. The first-order chi connectivity index (χ1) is 36.1. The first kappa shape index (κ1) is 52.7. The van der Waals surface area contributed by atoms with Gasteiger partial charge in [-0.15, -0.1) is 0 Å². The Morgan fingerprint density at radius 3 is 2.35 bits per heavy atom. The van der Waals surface area contributed by atoms with Crippen molar-refractivity contribution in [1.29, 1.82) is 0 Å². The van der Waals surface area contributed by atoms with Crippen LogP contribution in [0.2, 0.25) is 0 Å². The SMILES string of the molecule is CN[C@@H](C)C(=O)N[C@H](C(=O)N1C[C@@H](NC(=O)CCCCCCc2cccc(-c3c(C)nn4c(N5CCN(CCO)CC5)cc(-c5ccccc5)nc34)c2)C[C@H]1C(=O)N[C@@H]1CCCc2ccccc21)C1CCCCC1. The Labute approximate surface area is 437 Å². The van der Waals surface area contributed by atoms with Gasteiger partial charge >= 0.3 is 0 Å². The number of hydrogen-bond donors (Lipinski definition) is 5. The van der Waals surface area contributed by atoms with Gasteiger partial charge in [-0.2, -0.15) is 9.61 Å². The minimum absolute atomic E-state index is 0.0202. The molecule has 5 N–H and O–H groups in total. The quantitative estimate of drug-likeness (QED) is 0.0515. The Kier molecular flexibility index (Phi) is 17.7. The molecule has 4 aliphatic rings. The number of rotatable bonds is 20. The number of benzene rings is 3. The Hall–Kier alpha value is -6.16. The van der Waals surface area contributed by atoms with Gasteiger partial charge in [0.05, 0.1) is 30.1 Å². The first-order valence-electron chi connectivity index (χ1n) is 27.7. The van der Waals surface area contributed by atoms with Crippen molar-refractivity contribution in [3.8, 4) is 22.4 Å². The minimum atomic E-state index is -0.771. The van der Waals surface area contributed by atoms with Crippen molar-refractivity contribution in [3.63, 3.8) is 0 Å². The van der Waals surface area contributed by atoms with E-state index in [1.54, 1.807) is 18.9 Å². The van der Waals surface area contributed by atoms with Crippen LogP contribution in [0.3, 0.4) is 0 Å². The maximum atomic E-state index is 14.8. The van der Waals surface area contributed by atoms with Crippen molar-refractivity contribution < 1.29 is 24.3 Å². The number of carbonyl (C=O) groups excluding carboxylic acids is 4. The molecule has 5 aromatic rings. The van der Waals surface area contributed by atoms with Crippen molar-refractivity contribution in [1.82, 2.24) is 45.7 Å². The number of aliphatic hydroxyl groups is 1.